The molecule has 470 valence electrons. The van der Waals surface area contributed by atoms with E-state index in [9.17, 15) is 46.8 Å². The number of carbonyl (C=O) groups excluding carboxylic acids is 5. The molecule has 2 unspecified atom stereocenters. The van der Waals surface area contributed by atoms with Crippen LogP contribution in [0.25, 0.3) is 21.3 Å². The van der Waals surface area contributed by atoms with Gasteiger partial charge in [0.25, 0.3) is 27.8 Å². The highest BCUT2D eigenvalue weighted by atomic mass is 32.2. The van der Waals surface area contributed by atoms with E-state index in [2.05, 4.69) is 29.5 Å². The van der Waals surface area contributed by atoms with Crippen LogP contribution in [0.1, 0.15) is 108 Å². The lowest BCUT2D eigenvalue weighted by molar-refractivity contribution is -0.248. The van der Waals surface area contributed by atoms with E-state index in [1.165, 1.54) is 28.4 Å². The maximum absolute atomic E-state index is 13.9. The molecule has 0 spiro atoms. The number of hydrogen-bond donors (Lipinski definition) is 4. The number of hydrogen-bond acceptors (Lipinski definition) is 17. The molecular formula is C64H73N9O14S2. The van der Waals surface area contributed by atoms with Crippen LogP contribution in [-0.4, -0.2) is 154 Å². The van der Waals surface area contributed by atoms with Gasteiger partial charge in [0.1, 0.15) is 24.8 Å². The summed E-state index contributed by atoms with van der Waals surface area (Å²) in [5.41, 5.74) is 4.72. The minimum Gasteiger partial charge on any atom is -0.491 e. The van der Waals surface area contributed by atoms with Crippen LogP contribution in [0.3, 0.4) is 0 Å². The predicted molar refractivity (Wildman–Crippen MR) is 330 cm³/mol. The number of para-hydroxylation sites is 2. The smallest absolute Gasteiger partial charge is 0.410 e. The van der Waals surface area contributed by atoms with Crippen molar-refractivity contribution >= 4 is 78.3 Å². The summed E-state index contributed by atoms with van der Waals surface area (Å²) in [7, 11) is -4.31. The SMILES string of the molecule is Cc1c(-c2ccc(N3CCc4cccc(C(=O)Nc5nc6ccccc6s5)c4C3)nc2C(=O)O)cnn1CC12CC3(C)CC(C)(C1)CC(OCCN(CCCS(=O)(=O)O)C(=O)OCc1ccccc1OCCOCCNC(=O)CCN1C(=O)C=CC1=O)(C3)C2. The summed E-state index contributed by atoms with van der Waals surface area (Å²) in [4.78, 5) is 90.3. The van der Waals surface area contributed by atoms with Gasteiger partial charge in [0.2, 0.25) is 5.91 Å². The van der Waals surface area contributed by atoms with Gasteiger partial charge in [0, 0.05) is 92.3 Å². The Morgan fingerprint density at radius 3 is 2.36 bits per heavy atom. The zero-order valence-corrected chi connectivity index (χ0v) is 51.7. The van der Waals surface area contributed by atoms with E-state index in [1.54, 1.807) is 42.6 Å². The lowest BCUT2D eigenvalue weighted by atomic mass is 9.39. The Kier molecular flexibility index (Phi) is 18.1. The number of nitrogens with zero attached hydrogens (tertiary/aromatic N) is 7. The molecule has 25 heteroatoms. The normalized spacial score (nSPS) is 21.8. The molecule has 6 aliphatic rings. The van der Waals surface area contributed by atoms with Crippen molar-refractivity contribution in [2.45, 2.75) is 104 Å². The number of benzene rings is 3. The van der Waals surface area contributed by atoms with Gasteiger partial charge in [-0.25, -0.2) is 19.6 Å². The molecule has 0 radical (unpaired) electrons. The number of carboxylic acid groups (broad SMARTS) is 1. The molecule has 12 rings (SSSR count). The number of pyridine rings is 1. The number of thiazole rings is 1. The first kappa shape index (κ1) is 62.5. The number of nitrogens with one attached hydrogen (secondary N) is 2. The van der Waals surface area contributed by atoms with E-state index < -0.39 is 45.3 Å². The van der Waals surface area contributed by atoms with Gasteiger partial charge in [-0.3, -0.25) is 38.6 Å². The molecule has 0 saturated heterocycles. The molecule has 23 nitrogen and oxygen atoms in total. The fourth-order valence-electron chi connectivity index (χ4n) is 15.1. The molecule has 5 heterocycles. The number of ether oxygens (including phenoxy) is 4. The third-order valence-corrected chi connectivity index (χ3v) is 19.4. The van der Waals surface area contributed by atoms with E-state index in [0.29, 0.717) is 65.0 Å². The maximum atomic E-state index is 13.9. The van der Waals surface area contributed by atoms with E-state index in [-0.39, 0.29) is 106 Å². The molecule has 4 aliphatic carbocycles. The topological polar surface area (TPSA) is 291 Å². The van der Waals surface area contributed by atoms with Crippen molar-refractivity contribution in [3.05, 3.63) is 131 Å². The number of aromatic carboxylic acids is 1. The maximum Gasteiger partial charge on any atom is 0.410 e. The standard InChI is InChI=1S/C64H73N9O14S2/c1-42-47(45-16-17-52(68-56(45)58(78)79)71-24-20-43-11-8-12-46(48(43)33-71)57(77)69-59-67-49-13-5-7-15-51(49)88-59)32-66-73(42)41-63-36-61(2)35-62(3,37-63)39-64(38-61,40-63)87-28-26-70(23-9-31-89(81,82)83)60(80)86-34-44-10-4-6-14-50(44)85-30-29-84-27-22-65-53(74)21-25-72-54(75)18-19-55(72)76/h4-8,10-19,32H,9,20-31,33-41H2,1-3H3,(H,65,74)(H,78,79)(H,67,69,77)(H,81,82,83). The minimum atomic E-state index is -4.31. The number of fused-ring (bicyclic) bond motifs is 2. The predicted octanol–water partition coefficient (Wildman–Crippen LogP) is 8.26. The summed E-state index contributed by atoms with van der Waals surface area (Å²) >= 11 is 1.41. The molecule has 2 atom stereocenters. The van der Waals surface area contributed by atoms with Crippen LogP contribution in [0.15, 0.2) is 97.2 Å². The number of carbonyl (C=O) groups is 6. The van der Waals surface area contributed by atoms with Gasteiger partial charge in [0.15, 0.2) is 10.8 Å². The average Bonchev–Trinajstić information content (AvgIpc) is 0.978. The summed E-state index contributed by atoms with van der Waals surface area (Å²) in [6.07, 6.45) is 9.20. The van der Waals surface area contributed by atoms with Gasteiger partial charge in [-0.1, -0.05) is 67.6 Å². The first-order chi connectivity index (χ1) is 42.6. The number of carboxylic acids is 1. The summed E-state index contributed by atoms with van der Waals surface area (Å²) in [5.74, 6) is -2.28. The van der Waals surface area contributed by atoms with Crippen molar-refractivity contribution in [3.63, 3.8) is 0 Å². The Labute approximate surface area is 519 Å². The lowest BCUT2D eigenvalue weighted by Crippen LogP contribution is -2.64. The fourth-order valence-corrected chi connectivity index (χ4v) is 16.4. The van der Waals surface area contributed by atoms with Gasteiger partial charge in [-0.2, -0.15) is 13.5 Å². The van der Waals surface area contributed by atoms with Crippen molar-refractivity contribution in [1.82, 2.24) is 34.9 Å². The highest BCUT2D eigenvalue weighted by Crippen LogP contribution is 2.72. The number of amides is 5. The third-order valence-electron chi connectivity index (χ3n) is 17.7. The summed E-state index contributed by atoms with van der Waals surface area (Å²) < 4.78 is 60.6. The quantitative estimate of drug-likeness (QED) is 0.0214. The number of aromatic nitrogens is 4. The van der Waals surface area contributed by atoms with Crippen molar-refractivity contribution in [2.75, 3.05) is 75.1 Å². The van der Waals surface area contributed by atoms with Gasteiger partial charge >= 0.3 is 12.1 Å². The van der Waals surface area contributed by atoms with Crippen molar-refractivity contribution in [2.24, 2.45) is 16.2 Å². The van der Waals surface area contributed by atoms with Gasteiger partial charge in [-0.15, -0.1) is 0 Å². The molecule has 3 aromatic carbocycles. The molecule has 89 heavy (non-hydrogen) atoms. The van der Waals surface area contributed by atoms with E-state index in [0.717, 1.165) is 70.5 Å². The minimum absolute atomic E-state index is 0.0158. The molecule has 4 fully saturated rings. The molecule has 6 aromatic rings. The van der Waals surface area contributed by atoms with Crippen LogP contribution in [0.4, 0.5) is 15.7 Å². The first-order valence-corrected chi connectivity index (χ1v) is 32.4. The Morgan fingerprint density at radius 2 is 1.60 bits per heavy atom. The zero-order valence-electron chi connectivity index (χ0n) is 50.0. The van der Waals surface area contributed by atoms with Crippen molar-refractivity contribution < 1.29 is 65.8 Å². The summed E-state index contributed by atoms with van der Waals surface area (Å²) in [6, 6.07) is 24.1. The van der Waals surface area contributed by atoms with Crippen LogP contribution in [0, 0.1) is 23.2 Å². The number of imide groups is 1. The van der Waals surface area contributed by atoms with Gasteiger partial charge < -0.3 is 39.2 Å². The zero-order chi connectivity index (χ0) is 62.7. The first-order valence-electron chi connectivity index (χ1n) is 30.0. The van der Waals surface area contributed by atoms with Gasteiger partial charge in [0.05, 0.1) is 47.6 Å². The molecule has 3 aromatic heterocycles. The van der Waals surface area contributed by atoms with E-state index in [4.69, 9.17) is 29.0 Å². The average molecular weight is 1260 g/mol. The summed E-state index contributed by atoms with van der Waals surface area (Å²) in [6.45, 7) is 8.87. The lowest BCUT2D eigenvalue weighted by Gasteiger charge is -2.69. The third kappa shape index (κ3) is 14.5. The van der Waals surface area contributed by atoms with Crippen molar-refractivity contribution in [3.8, 4) is 16.9 Å². The number of rotatable bonds is 27. The second kappa shape index (κ2) is 25.8. The molecule has 4 N–H and O–H groups in total. The van der Waals surface area contributed by atoms with Crippen LogP contribution >= 0.6 is 11.3 Å². The Balaban J connectivity index is 0.708. The highest BCUT2D eigenvalue weighted by molar-refractivity contribution is 7.85. The Hall–Kier alpha value is -8.10. The highest BCUT2D eigenvalue weighted by Gasteiger charge is 2.66. The van der Waals surface area contributed by atoms with E-state index in [1.807, 2.05) is 59.0 Å². The van der Waals surface area contributed by atoms with Crippen LogP contribution in [0.5, 0.6) is 5.75 Å². The Morgan fingerprint density at radius 1 is 0.831 bits per heavy atom. The molecular weight excluding hydrogens is 1180 g/mol. The second-order valence-corrected chi connectivity index (χ2v) is 27.6. The van der Waals surface area contributed by atoms with Crippen molar-refractivity contribution in [1.29, 1.82) is 0 Å². The van der Waals surface area contributed by atoms with Crippen LogP contribution in [0.2, 0.25) is 0 Å². The molecule has 2 aliphatic heterocycles. The second-order valence-electron chi connectivity index (χ2n) is 25.0. The summed E-state index contributed by atoms with van der Waals surface area (Å²) in [5, 5.41) is 21.9. The molecule has 5 amide bonds. The van der Waals surface area contributed by atoms with Crippen LogP contribution in [-0.2, 0) is 64.8 Å². The molecule has 4 bridgehead atoms. The fraction of sp³-hybridized carbons (Fsp3) is 0.453. The molecule has 4 saturated carbocycles. The van der Waals surface area contributed by atoms with E-state index >= 15 is 0 Å². The number of anilines is 2. The van der Waals surface area contributed by atoms with Crippen LogP contribution < -0.4 is 20.3 Å². The largest absolute Gasteiger partial charge is 0.491 e. The Bertz CT molecular complexity index is 3800. The van der Waals surface area contributed by atoms with Gasteiger partial charge in [-0.05, 0) is 122 Å². The monoisotopic (exact) mass is 1260 g/mol.